The van der Waals surface area contributed by atoms with Gasteiger partial charge in [-0.1, -0.05) is 152 Å². The number of fused-ring (bicyclic) bond motifs is 5. The summed E-state index contributed by atoms with van der Waals surface area (Å²) >= 11 is 0. The Balaban J connectivity index is 0.918. The average molecular weight is 745 g/mol. The first kappa shape index (κ1) is 33.4. The van der Waals surface area contributed by atoms with Gasteiger partial charge in [-0.15, -0.1) is 0 Å². The molecule has 13 rings (SSSR count). The fraction of sp³-hybridized carbons (Fsp3) is 0.185. The zero-order valence-electron chi connectivity index (χ0n) is 32.1. The van der Waals surface area contributed by atoms with Gasteiger partial charge >= 0.3 is 0 Å². The lowest BCUT2D eigenvalue weighted by Gasteiger charge is -2.61. The molecular formula is C54H40N4. The normalized spacial score (nSPS) is 22.2. The highest BCUT2D eigenvalue weighted by atomic mass is 15.0. The third-order valence-corrected chi connectivity index (χ3v) is 14.1. The first-order chi connectivity index (χ1) is 28.6. The Kier molecular flexibility index (Phi) is 7.45. The average Bonchev–Trinajstić information content (AvgIpc) is 3.60. The summed E-state index contributed by atoms with van der Waals surface area (Å²) in [7, 11) is 0. The second kappa shape index (κ2) is 12.9. The maximum Gasteiger partial charge on any atom is 0.187 e. The molecule has 1 aromatic heterocycles. The molecule has 0 saturated heterocycles. The maximum atomic E-state index is 7.53. The second-order valence-electron chi connectivity index (χ2n) is 17.1. The van der Waals surface area contributed by atoms with E-state index in [9.17, 15) is 0 Å². The number of hydrogen-bond donors (Lipinski definition) is 0. The van der Waals surface area contributed by atoms with E-state index in [1.807, 2.05) is 48.5 Å². The maximum absolute atomic E-state index is 7.53. The molecule has 4 nitrogen and oxygen atoms in total. The Bertz CT molecular complexity index is 2930. The molecule has 0 atom stereocenters. The van der Waals surface area contributed by atoms with Crippen LogP contribution in [0.25, 0.3) is 83.2 Å². The molecule has 4 fully saturated rings. The minimum absolute atomic E-state index is 0.0685. The van der Waals surface area contributed by atoms with Crippen molar-refractivity contribution >= 4 is 16.5 Å². The molecule has 0 aliphatic heterocycles. The van der Waals surface area contributed by atoms with Crippen LogP contribution in [0.5, 0.6) is 0 Å². The van der Waals surface area contributed by atoms with Crippen molar-refractivity contribution in [3.63, 3.8) is 0 Å². The number of rotatable bonds is 5. The monoisotopic (exact) mass is 744 g/mol. The molecule has 0 N–H and O–H groups in total. The van der Waals surface area contributed by atoms with E-state index >= 15 is 0 Å². The van der Waals surface area contributed by atoms with E-state index in [-0.39, 0.29) is 5.41 Å². The van der Waals surface area contributed by atoms with E-state index in [4.69, 9.17) is 21.5 Å². The largest absolute Gasteiger partial charge is 0.238 e. The molecule has 7 aromatic carbocycles. The molecule has 5 aliphatic carbocycles. The summed E-state index contributed by atoms with van der Waals surface area (Å²) in [5.74, 6) is 4.94. The van der Waals surface area contributed by atoms with Crippen molar-refractivity contribution in [2.45, 2.75) is 37.5 Å². The van der Waals surface area contributed by atoms with Crippen LogP contribution in [-0.2, 0) is 5.41 Å². The molecule has 58 heavy (non-hydrogen) atoms. The first-order valence-electron chi connectivity index (χ1n) is 20.8. The fourth-order valence-corrected chi connectivity index (χ4v) is 12.0. The minimum Gasteiger partial charge on any atom is -0.238 e. The predicted octanol–water partition coefficient (Wildman–Crippen LogP) is 13.6. The third-order valence-electron chi connectivity index (χ3n) is 14.1. The van der Waals surface area contributed by atoms with Crippen molar-refractivity contribution in [2.24, 2.45) is 23.7 Å². The molecule has 0 radical (unpaired) electrons. The van der Waals surface area contributed by atoms with Crippen molar-refractivity contribution in [3.8, 4) is 67.5 Å². The summed E-state index contributed by atoms with van der Waals surface area (Å²) in [6.45, 7) is 7.53. The van der Waals surface area contributed by atoms with E-state index in [0.717, 1.165) is 34.1 Å². The molecule has 4 bridgehead atoms. The lowest BCUT2D eigenvalue weighted by Crippen LogP contribution is -2.55. The molecule has 0 amide bonds. The molecule has 0 unspecified atom stereocenters. The Labute approximate surface area is 339 Å². The Morgan fingerprint density at radius 2 is 0.966 bits per heavy atom. The van der Waals surface area contributed by atoms with Crippen molar-refractivity contribution in [1.29, 1.82) is 0 Å². The van der Waals surface area contributed by atoms with Gasteiger partial charge < -0.3 is 0 Å². The van der Waals surface area contributed by atoms with Crippen LogP contribution in [0, 0.1) is 30.2 Å². The summed E-state index contributed by atoms with van der Waals surface area (Å²) in [6, 6.07) is 56.4. The van der Waals surface area contributed by atoms with E-state index in [2.05, 4.69) is 108 Å². The van der Waals surface area contributed by atoms with Crippen LogP contribution in [0.4, 0.5) is 5.69 Å². The van der Waals surface area contributed by atoms with Gasteiger partial charge in [0.2, 0.25) is 0 Å². The van der Waals surface area contributed by atoms with Crippen LogP contribution in [0.2, 0.25) is 0 Å². The standard InChI is InChI=1S/C54H40N4/c1-55-44-13-7-12-41(32-44)53-57-51(39-10-3-2-4-11-39)56-52(58-53)40-23-19-36(20-24-40)35-17-21-38(22-18-35)46-15-8-16-47-48-26-25-37-9-5-6-14-45(37)50(48)54(49(46)47)42-28-33-27-34(30-42)31-43(54)29-33/h2-26,32-34,42-43H,27-31H2. The van der Waals surface area contributed by atoms with Gasteiger partial charge in [0.25, 0.3) is 0 Å². The zero-order valence-corrected chi connectivity index (χ0v) is 32.1. The lowest BCUT2D eigenvalue weighted by molar-refractivity contribution is -0.0391. The summed E-state index contributed by atoms with van der Waals surface area (Å²) in [5.41, 5.74) is 14.5. The van der Waals surface area contributed by atoms with Gasteiger partial charge in [-0.05, 0) is 117 Å². The smallest absolute Gasteiger partial charge is 0.187 e. The van der Waals surface area contributed by atoms with Crippen LogP contribution in [0.1, 0.15) is 43.2 Å². The van der Waals surface area contributed by atoms with Crippen LogP contribution in [0.3, 0.4) is 0 Å². The molecule has 8 aromatic rings. The van der Waals surface area contributed by atoms with Crippen LogP contribution in [-0.4, -0.2) is 15.0 Å². The Morgan fingerprint density at radius 1 is 0.431 bits per heavy atom. The molecule has 5 aliphatic rings. The summed E-state index contributed by atoms with van der Waals surface area (Å²) in [6.07, 6.45) is 6.92. The highest BCUT2D eigenvalue weighted by Crippen LogP contribution is 2.71. The van der Waals surface area contributed by atoms with Gasteiger partial charge in [-0.25, -0.2) is 19.8 Å². The van der Waals surface area contributed by atoms with Gasteiger partial charge in [0.05, 0.1) is 6.57 Å². The SMILES string of the molecule is [C-]#[N+]c1cccc(-c2nc(-c3ccccc3)nc(-c3ccc(-c4ccc(-c5cccc6c5C5(c7c-6ccc6ccccc76)C6CC7CC(C6)CC5C7)cc4)cc3)n2)c1. The van der Waals surface area contributed by atoms with Crippen LogP contribution in [0.15, 0.2) is 158 Å². The Hall–Kier alpha value is -6.70. The van der Waals surface area contributed by atoms with Crippen molar-refractivity contribution in [3.05, 3.63) is 180 Å². The van der Waals surface area contributed by atoms with Crippen LogP contribution >= 0.6 is 0 Å². The van der Waals surface area contributed by atoms with E-state index in [1.54, 1.807) is 17.2 Å². The highest BCUT2D eigenvalue weighted by molar-refractivity contribution is 6.00. The van der Waals surface area contributed by atoms with Gasteiger partial charge in [0, 0.05) is 22.1 Å². The molecular weight excluding hydrogens is 705 g/mol. The Morgan fingerprint density at radius 3 is 1.66 bits per heavy atom. The van der Waals surface area contributed by atoms with Crippen molar-refractivity contribution < 1.29 is 0 Å². The number of nitrogens with zero attached hydrogens (tertiary/aromatic N) is 4. The van der Waals surface area contributed by atoms with Gasteiger partial charge in [0.1, 0.15) is 0 Å². The lowest BCUT2D eigenvalue weighted by atomic mass is 9.42. The molecule has 1 heterocycles. The first-order valence-corrected chi connectivity index (χ1v) is 20.8. The van der Waals surface area contributed by atoms with Gasteiger partial charge in [-0.2, -0.15) is 0 Å². The molecule has 4 saturated carbocycles. The van der Waals surface area contributed by atoms with E-state index in [0.29, 0.717) is 35.0 Å². The topological polar surface area (TPSA) is 43.0 Å². The van der Waals surface area contributed by atoms with Crippen molar-refractivity contribution in [1.82, 2.24) is 15.0 Å². The van der Waals surface area contributed by atoms with E-state index < -0.39 is 0 Å². The summed E-state index contributed by atoms with van der Waals surface area (Å²) < 4.78 is 0. The molecule has 4 heteroatoms. The zero-order chi connectivity index (χ0) is 38.4. The molecule has 1 spiro atoms. The summed E-state index contributed by atoms with van der Waals surface area (Å²) in [4.78, 5) is 18.3. The van der Waals surface area contributed by atoms with E-state index in [1.165, 1.54) is 70.7 Å². The van der Waals surface area contributed by atoms with Crippen molar-refractivity contribution in [2.75, 3.05) is 0 Å². The molecule has 276 valence electrons. The van der Waals surface area contributed by atoms with Gasteiger partial charge in [-0.3, -0.25) is 0 Å². The van der Waals surface area contributed by atoms with Gasteiger partial charge in [0.15, 0.2) is 23.2 Å². The third kappa shape index (κ3) is 5.02. The highest BCUT2D eigenvalue weighted by Gasteiger charge is 2.62. The predicted molar refractivity (Wildman–Crippen MR) is 234 cm³/mol. The number of benzene rings is 7. The second-order valence-corrected chi connectivity index (χ2v) is 17.1. The summed E-state index contributed by atoms with van der Waals surface area (Å²) in [5, 5.41) is 2.84. The number of hydrogen-bond acceptors (Lipinski definition) is 3. The quantitative estimate of drug-likeness (QED) is 0.165. The number of aromatic nitrogens is 3. The fourth-order valence-electron chi connectivity index (χ4n) is 12.0. The minimum atomic E-state index is 0.0685. The van der Waals surface area contributed by atoms with Crippen LogP contribution < -0.4 is 0 Å².